The standard InChI is InChI=1S/C10H12N4O/c1-14-8(5-13-10(14)11)7-15-9-3-2-4-12-6-9/h2-6H,7H2,1H3,(H2,11,13). The lowest BCUT2D eigenvalue weighted by Gasteiger charge is -2.05. The Morgan fingerprint density at radius 3 is 2.93 bits per heavy atom. The number of ether oxygens (including phenoxy) is 1. The summed E-state index contributed by atoms with van der Waals surface area (Å²) in [4.78, 5) is 7.93. The summed E-state index contributed by atoms with van der Waals surface area (Å²) in [6, 6.07) is 3.68. The van der Waals surface area contributed by atoms with E-state index in [-0.39, 0.29) is 0 Å². The molecule has 0 radical (unpaired) electrons. The zero-order valence-corrected chi connectivity index (χ0v) is 8.42. The van der Waals surface area contributed by atoms with Crippen LogP contribution in [0.15, 0.2) is 30.7 Å². The molecule has 2 aromatic rings. The van der Waals surface area contributed by atoms with Crippen LogP contribution in [0.25, 0.3) is 0 Å². The predicted molar refractivity (Wildman–Crippen MR) is 56.2 cm³/mol. The molecule has 2 heterocycles. The molecule has 15 heavy (non-hydrogen) atoms. The second kappa shape index (κ2) is 4.00. The Kier molecular flexibility index (Phi) is 2.53. The number of pyridine rings is 1. The van der Waals surface area contributed by atoms with Crippen LogP contribution in [0.4, 0.5) is 5.95 Å². The van der Waals surface area contributed by atoms with Crippen molar-refractivity contribution in [3.63, 3.8) is 0 Å². The fourth-order valence-electron chi connectivity index (χ4n) is 1.18. The lowest BCUT2D eigenvalue weighted by atomic mass is 10.4. The summed E-state index contributed by atoms with van der Waals surface area (Å²) in [7, 11) is 1.85. The van der Waals surface area contributed by atoms with Gasteiger partial charge in [-0.1, -0.05) is 0 Å². The minimum absolute atomic E-state index is 0.437. The van der Waals surface area contributed by atoms with Crippen LogP contribution in [0.5, 0.6) is 5.75 Å². The quantitative estimate of drug-likeness (QED) is 0.809. The predicted octanol–water partition coefficient (Wildman–Crippen LogP) is 0.976. The maximum absolute atomic E-state index is 5.59. The Bertz CT molecular complexity index is 438. The fraction of sp³-hybridized carbons (Fsp3) is 0.200. The summed E-state index contributed by atoms with van der Waals surface area (Å²) < 4.78 is 7.30. The number of hydrogen-bond donors (Lipinski definition) is 1. The molecule has 2 aromatic heterocycles. The molecule has 2 N–H and O–H groups in total. The number of nitrogen functional groups attached to an aromatic ring is 1. The van der Waals surface area contributed by atoms with Gasteiger partial charge >= 0.3 is 0 Å². The van der Waals surface area contributed by atoms with Crippen molar-refractivity contribution in [3.8, 4) is 5.75 Å². The highest BCUT2D eigenvalue weighted by Gasteiger charge is 2.03. The van der Waals surface area contributed by atoms with Crippen LogP contribution in [0.3, 0.4) is 0 Å². The summed E-state index contributed by atoms with van der Waals surface area (Å²) in [5, 5.41) is 0. The van der Waals surface area contributed by atoms with Gasteiger partial charge in [-0.15, -0.1) is 0 Å². The van der Waals surface area contributed by atoms with E-state index in [4.69, 9.17) is 10.5 Å². The van der Waals surface area contributed by atoms with E-state index < -0.39 is 0 Å². The maximum atomic E-state index is 5.59. The maximum Gasteiger partial charge on any atom is 0.200 e. The third kappa shape index (κ3) is 2.07. The van der Waals surface area contributed by atoms with Gasteiger partial charge in [0.05, 0.1) is 18.1 Å². The second-order valence-electron chi connectivity index (χ2n) is 3.14. The van der Waals surface area contributed by atoms with E-state index >= 15 is 0 Å². The molecule has 5 heteroatoms. The molecule has 0 aliphatic heterocycles. The molecule has 0 aliphatic rings. The summed E-state index contributed by atoms with van der Waals surface area (Å²) in [6.45, 7) is 0.437. The van der Waals surface area contributed by atoms with E-state index in [0.29, 0.717) is 12.6 Å². The van der Waals surface area contributed by atoms with Crippen molar-refractivity contribution in [3.05, 3.63) is 36.4 Å². The van der Waals surface area contributed by atoms with Crippen molar-refractivity contribution in [2.45, 2.75) is 6.61 Å². The van der Waals surface area contributed by atoms with Crippen molar-refractivity contribution in [2.24, 2.45) is 7.05 Å². The van der Waals surface area contributed by atoms with Gasteiger partial charge < -0.3 is 15.0 Å². The number of imidazole rings is 1. The van der Waals surface area contributed by atoms with E-state index in [1.807, 2.05) is 19.2 Å². The summed E-state index contributed by atoms with van der Waals surface area (Å²) in [6.07, 6.45) is 5.07. The molecule has 0 atom stereocenters. The Labute approximate surface area is 87.5 Å². The van der Waals surface area contributed by atoms with Crippen LogP contribution in [-0.4, -0.2) is 14.5 Å². The van der Waals surface area contributed by atoms with Crippen molar-refractivity contribution in [2.75, 3.05) is 5.73 Å². The number of rotatable bonds is 3. The Hall–Kier alpha value is -2.04. The largest absolute Gasteiger partial charge is 0.486 e. The molecule has 0 amide bonds. The third-order valence-electron chi connectivity index (χ3n) is 2.14. The first-order valence-electron chi connectivity index (χ1n) is 4.56. The molecule has 0 saturated heterocycles. The van der Waals surface area contributed by atoms with Crippen molar-refractivity contribution < 1.29 is 4.74 Å². The first kappa shape index (κ1) is 9.51. The third-order valence-corrected chi connectivity index (χ3v) is 2.14. The molecule has 0 spiro atoms. The average Bonchev–Trinajstić information content (AvgIpc) is 2.59. The van der Waals surface area contributed by atoms with Crippen LogP contribution in [0, 0.1) is 0 Å². The molecule has 0 aliphatic carbocycles. The number of aromatic nitrogens is 3. The first-order chi connectivity index (χ1) is 7.27. The van der Waals surface area contributed by atoms with Gasteiger partial charge in [-0.2, -0.15) is 0 Å². The molecule has 2 rings (SSSR count). The summed E-state index contributed by atoms with van der Waals surface area (Å²) in [5.41, 5.74) is 6.52. The van der Waals surface area contributed by atoms with E-state index in [9.17, 15) is 0 Å². The molecule has 5 nitrogen and oxygen atoms in total. The highest BCUT2D eigenvalue weighted by atomic mass is 16.5. The molecule has 0 saturated carbocycles. The van der Waals surface area contributed by atoms with Gasteiger partial charge in [-0.25, -0.2) is 4.98 Å². The van der Waals surface area contributed by atoms with Crippen LogP contribution < -0.4 is 10.5 Å². The van der Waals surface area contributed by atoms with Crippen LogP contribution in [0.1, 0.15) is 5.69 Å². The van der Waals surface area contributed by atoms with Crippen LogP contribution in [-0.2, 0) is 13.7 Å². The summed E-state index contributed by atoms with van der Waals surface area (Å²) >= 11 is 0. The fourth-order valence-corrected chi connectivity index (χ4v) is 1.18. The van der Waals surface area contributed by atoms with E-state index in [0.717, 1.165) is 11.4 Å². The lowest BCUT2D eigenvalue weighted by molar-refractivity contribution is 0.296. The van der Waals surface area contributed by atoms with Crippen LogP contribution in [0.2, 0.25) is 0 Å². The smallest absolute Gasteiger partial charge is 0.200 e. The molecule has 78 valence electrons. The van der Waals surface area contributed by atoms with Crippen molar-refractivity contribution in [1.82, 2.24) is 14.5 Å². The van der Waals surface area contributed by atoms with Gasteiger partial charge in [0.15, 0.2) is 5.95 Å². The number of nitrogens with two attached hydrogens (primary N) is 1. The Morgan fingerprint density at radius 2 is 2.33 bits per heavy atom. The van der Waals surface area contributed by atoms with Gasteiger partial charge in [0.25, 0.3) is 0 Å². The van der Waals surface area contributed by atoms with Gasteiger partial charge in [-0.05, 0) is 12.1 Å². The van der Waals surface area contributed by atoms with Crippen molar-refractivity contribution >= 4 is 5.95 Å². The average molecular weight is 204 g/mol. The van der Waals surface area contributed by atoms with E-state index in [2.05, 4.69) is 9.97 Å². The minimum Gasteiger partial charge on any atom is -0.486 e. The van der Waals surface area contributed by atoms with Crippen molar-refractivity contribution in [1.29, 1.82) is 0 Å². The van der Waals surface area contributed by atoms with Crippen LogP contribution >= 0.6 is 0 Å². The zero-order chi connectivity index (χ0) is 10.7. The molecule has 0 unspecified atom stereocenters. The molecular formula is C10H12N4O. The number of hydrogen-bond acceptors (Lipinski definition) is 4. The van der Waals surface area contributed by atoms with E-state index in [1.165, 1.54) is 0 Å². The number of anilines is 1. The van der Waals surface area contributed by atoms with E-state index in [1.54, 1.807) is 23.2 Å². The second-order valence-corrected chi connectivity index (χ2v) is 3.14. The minimum atomic E-state index is 0.437. The van der Waals surface area contributed by atoms with Gasteiger partial charge in [0.2, 0.25) is 0 Å². The molecular weight excluding hydrogens is 192 g/mol. The number of nitrogens with zero attached hydrogens (tertiary/aromatic N) is 3. The Morgan fingerprint density at radius 1 is 1.47 bits per heavy atom. The molecule has 0 fully saturated rings. The van der Waals surface area contributed by atoms with Gasteiger partial charge in [-0.3, -0.25) is 4.98 Å². The SMILES string of the molecule is Cn1c(COc2cccnc2)cnc1N. The first-order valence-corrected chi connectivity index (χ1v) is 4.56. The normalized spacial score (nSPS) is 10.2. The molecule has 0 bridgehead atoms. The Balaban J connectivity index is 2.02. The zero-order valence-electron chi connectivity index (χ0n) is 8.42. The monoisotopic (exact) mass is 204 g/mol. The van der Waals surface area contributed by atoms with Gasteiger partial charge in [0, 0.05) is 13.2 Å². The summed E-state index contributed by atoms with van der Waals surface area (Å²) in [5.74, 6) is 1.22. The highest BCUT2D eigenvalue weighted by molar-refractivity contribution is 5.22. The van der Waals surface area contributed by atoms with Gasteiger partial charge in [0.1, 0.15) is 12.4 Å². The molecule has 0 aromatic carbocycles. The highest BCUT2D eigenvalue weighted by Crippen LogP contribution is 2.11. The topological polar surface area (TPSA) is 66.0 Å². The lowest BCUT2D eigenvalue weighted by Crippen LogP contribution is -2.04.